The number of hydrogen-bond donors (Lipinski definition) is 3. The fourth-order valence-corrected chi connectivity index (χ4v) is 2.93. The molecule has 3 rings (SSSR count). The highest BCUT2D eigenvalue weighted by Crippen LogP contribution is 2.26. The lowest BCUT2D eigenvalue weighted by atomic mass is 10.1. The number of methoxy groups -OCH3 is 1. The van der Waals surface area contributed by atoms with E-state index >= 15 is 0 Å². The SMILES string of the molecule is COC1CCC(NC(=O)c2ccc3c(c2)NCCN3)C1. The zero-order chi connectivity index (χ0) is 13.9. The summed E-state index contributed by atoms with van der Waals surface area (Å²) in [5.74, 6) is 0.00178. The number of ether oxygens (including phenoxy) is 1. The van der Waals surface area contributed by atoms with Gasteiger partial charge in [0.15, 0.2) is 0 Å². The van der Waals surface area contributed by atoms with Crippen molar-refractivity contribution in [3.63, 3.8) is 0 Å². The van der Waals surface area contributed by atoms with Gasteiger partial charge in [0.2, 0.25) is 0 Å². The second-order valence-corrected chi connectivity index (χ2v) is 5.46. The van der Waals surface area contributed by atoms with Crippen molar-refractivity contribution in [1.29, 1.82) is 0 Å². The maximum atomic E-state index is 12.3. The number of nitrogens with one attached hydrogen (secondary N) is 3. The van der Waals surface area contributed by atoms with Crippen LogP contribution in [-0.4, -0.2) is 38.3 Å². The lowest BCUT2D eigenvalue weighted by Crippen LogP contribution is -2.33. The fourth-order valence-electron chi connectivity index (χ4n) is 2.93. The summed E-state index contributed by atoms with van der Waals surface area (Å²) < 4.78 is 5.33. The summed E-state index contributed by atoms with van der Waals surface area (Å²) >= 11 is 0. The molecular weight excluding hydrogens is 254 g/mol. The van der Waals surface area contributed by atoms with Crippen LogP contribution in [0.1, 0.15) is 29.6 Å². The molecule has 1 saturated carbocycles. The third kappa shape index (κ3) is 2.72. The van der Waals surface area contributed by atoms with Gasteiger partial charge in [-0.3, -0.25) is 4.79 Å². The number of fused-ring (bicyclic) bond motifs is 1. The Kier molecular flexibility index (Phi) is 3.78. The third-order valence-corrected chi connectivity index (χ3v) is 4.09. The van der Waals surface area contributed by atoms with Crippen molar-refractivity contribution >= 4 is 17.3 Å². The molecule has 0 saturated heterocycles. The molecular formula is C15H21N3O2. The van der Waals surface area contributed by atoms with Crippen LogP contribution in [0.3, 0.4) is 0 Å². The van der Waals surface area contributed by atoms with Crippen molar-refractivity contribution in [2.45, 2.75) is 31.4 Å². The van der Waals surface area contributed by atoms with E-state index in [1.54, 1.807) is 7.11 Å². The Hall–Kier alpha value is -1.75. The summed E-state index contributed by atoms with van der Waals surface area (Å²) in [6.07, 6.45) is 3.22. The van der Waals surface area contributed by atoms with Crippen LogP contribution in [0, 0.1) is 0 Å². The van der Waals surface area contributed by atoms with E-state index in [-0.39, 0.29) is 18.1 Å². The van der Waals surface area contributed by atoms with Gasteiger partial charge in [-0.2, -0.15) is 0 Å². The number of amides is 1. The molecule has 0 bridgehead atoms. The normalized spacial score (nSPS) is 24.4. The third-order valence-electron chi connectivity index (χ3n) is 4.09. The molecule has 0 spiro atoms. The zero-order valence-corrected chi connectivity index (χ0v) is 11.7. The molecule has 1 aliphatic heterocycles. The topological polar surface area (TPSA) is 62.4 Å². The largest absolute Gasteiger partial charge is 0.382 e. The van der Waals surface area contributed by atoms with E-state index in [2.05, 4.69) is 16.0 Å². The van der Waals surface area contributed by atoms with Gasteiger partial charge in [-0.25, -0.2) is 0 Å². The average Bonchev–Trinajstić information content (AvgIpc) is 2.94. The van der Waals surface area contributed by atoms with Gasteiger partial charge in [0.1, 0.15) is 0 Å². The molecule has 1 heterocycles. The molecule has 1 fully saturated rings. The molecule has 1 aliphatic carbocycles. The monoisotopic (exact) mass is 275 g/mol. The minimum absolute atomic E-state index is 0.00178. The number of carbonyl (C=O) groups excluding carboxylic acids is 1. The molecule has 2 atom stereocenters. The van der Waals surface area contributed by atoms with Crippen molar-refractivity contribution in [3.05, 3.63) is 23.8 Å². The highest BCUT2D eigenvalue weighted by Gasteiger charge is 2.26. The molecule has 1 aromatic carbocycles. The average molecular weight is 275 g/mol. The minimum atomic E-state index is 0.00178. The van der Waals surface area contributed by atoms with Crippen molar-refractivity contribution in [3.8, 4) is 0 Å². The van der Waals surface area contributed by atoms with Gasteiger partial charge in [-0.05, 0) is 37.5 Å². The lowest BCUT2D eigenvalue weighted by Gasteiger charge is -2.21. The molecule has 20 heavy (non-hydrogen) atoms. The second-order valence-electron chi connectivity index (χ2n) is 5.46. The summed E-state index contributed by atoms with van der Waals surface area (Å²) in [4.78, 5) is 12.3. The Balaban J connectivity index is 1.65. The smallest absolute Gasteiger partial charge is 0.251 e. The number of carbonyl (C=O) groups is 1. The molecule has 0 aromatic heterocycles. The molecule has 2 aliphatic rings. The highest BCUT2D eigenvalue weighted by molar-refractivity contribution is 5.96. The van der Waals surface area contributed by atoms with Gasteiger partial charge in [-0.1, -0.05) is 0 Å². The Bertz CT molecular complexity index is 504. The second kappa shape index (κ2) is 5.71. The van der Waals surface area contributed by atoms with Crippen LogP contribution in [0.2, 0.25) is 0 Å². The van der Waals surface area contributed by atoms with Crippen molar-refractivity contribution in [2.75, 3.05) is 30.8 Å². The van der Waals surface area contributed by atoms with Crippen LogP contribution in [0.25, 0.3) is 0 Å². The number of benzene rings is 1. The summed E-state index contributed by atoms with van der Waals surface area (Å²) in [7, 11) is 1.73. The van der Waals surface area contributed by atoms with Crippen molar-refractivity contribution in [1.82, 2.24) is 5.32 Å². The maximum Gasteiger partial charge on any atom is 0.251 e. The van der Waals surface area contributed by atoms with Crippen LogP contribution in [0.15, 0.2) is 18.2 Å². The Morgan fingerprint density at radius 2 is 2.05 bits per heavy atom. The first-order chi connectivity index (χ1) is 9.76. The van der Waals surface area contributed by atoms with Crippen molar-refractivity contribution in [2.24, 2.45) is 0 Å². The predicted molar refractivity (Wildman–Crippen MR) is 79.3 cm³/mol. The Morgan fingerprint density at radius 3 is 2.80 bits per heavy atom. The molecule has 5 heteroatoms. The first-order valence-electron chi connectivity index (χ1n) is 7.21. The van der Waals surface area contributed by atoms with Gasteiger partial charge in [0, 0.05) is 31.8 Å². The summed E-state index contributed by atoms with van der Waals surface area (Å²) in [6.45, 7) is 1.80. The van der Waals surface area contributed by atoms with Crippen LogP contribution in [0.5, 0.6) is 0 Å². The van der Waals surface area contributed by atoms with Gasteiger partial charge in [-0.15, -0.1) is 0 Å². The minimum Gasteiger partial charge on any atom is -0.382 e. The Morgan fingerprint density at radius 1 is 1.25 bits per heavy atom. The highest BCUT2D eigenvalue weighted by atomic mass is 16.5. The molecule has 5 nitrogen and oxygen atoms in total. The van der Waals surface area contributed by atoms with E-state index in [1.807, 2.05) is 18.2 Å². The Labute approximate surface area is 119 Å². The molecule has 1 amide bonds. The zero-order valence-electron chi connectivity index (χ0n) is 11.7. The van der Waals surface area contributed by atoms with Crippen LogP contribution in [0.4, 0.5) is 11.4 Å². The number of rotatable bonds is 3. The predicted octanol–water partition coefficient (Wildman–Crippen LogP) is 1.82. The van der Waals surface area contributed by atoms with E-state index < -0.39 is 0 Å². The molecule has 108 valence electrons. The molecule has 1 aromatic rings. The van der Waals surface area contributed by atoms with Crippen LogP contribution in [-0.2, 0) is 4.74 Å². The number of hydrogen-bond acceptors (Lipinski definition) is 4. The van der Waals surface area contributed by atoms with Gasteiger partial charge >= 0.3 is 0 Å². The van der Waals surface area contributed by atoms with E-state index in [0.717, 1.165) is 43.7 Å². The summed E-state index contributed by atoms with van der Waals surface area (Å²) in [6, 6.07) is 5.98. The first kappa shape index (κ1) is 13.2. The van der Waals surface area contributed by atoms with Gasteiger partial charge < -0.3 is 20.7 Å². The first-order valence-corrected chi connectivity index (χ1v) is 7.21. The standard InChI is InChI=1S/C15H21N3O2/c1-20-12-4-3-11(9-12)18-15(19)10-2-5-13-14(8-10)17-7-6-16-13/h2,5,8,11-12,16-17H,3-4,6-7,9H2,1H3,(H,18,19). The van der Waals surface area contributed by atoms with E-state index in [0.29, 0.717) is 5.56 Å². The lowest BCUT2D eigenvalue weighted by molar-refractivity contribution is 0.0915. The van der Waals surface area contributed by atoms with E-state index in [4.69, 9.17) is 4.74 Å². The van der Waals surface area contributed by atoms with Crippen LogP contribution >= 0.6 is 0 Å². The molecule has 2 unspecified atom stereocenters. The summed E-state index contributed by atoms with van der Waals surface area (Å²) in [5, 5.41) is 9.71. The fraction of sp³-hybridized carbons (Fsp3) is 0.533. The van der Waals surface area contributed by atoms with E-state index in [9.17, 15) is 4.79 Å². The molecule has 3 N–H and O–H groups in total. The van der Waals surface area contributed by atoms with Gasteiger partial charge in [0.25, 0.3) is 5.91 Å². The van der Waals surface area contributed by atoms with Crippen molar-refractivity contribution < 1.29 is 9.53 Å². The quantitative estimate of drug-likeness (QED) is 0.787. The van der Waals surface area contributed by atoms with E-state index in [1.165, 1.54) is 0 Å². The summed E-state index contributed by atoms with van der Waals surface area (Å²) in [5.41, 5.74) is 2.78. The van der Waals surface area contributed by atoms with Gasteiger partial charge in [0.05, 0.1) is 17.5 Å². The number of anilines is 2. The maximum absolute atomic E-state index is 12.3. The molecule has 0 radical (unpaired) electrons. The van der Waals surface area contributed by atoms with Crippen LogP contribution < -0.4 is 16.0 Å².